The van der Waals surface area contributed by atoms with E-state index in [1.54, 1.807) is 0 Å². The van der Waals surface area contributed by atoms with Crippen LogP contribution >= 0.6 is 0 Å². The first-order valence-corrected chi connectivity index (χ1v) is 8.09. The van der Waals surface area contributed by atoms with Gasteiger partial charge in [-0.05, 0) is 30.4 Å². The largest absolute Gasteiger partial charge is 0.336 e. The quantitative estimate of drug-likeness (QED) is 0.818. The van der Waals surface area contributed by atoms with Crippen molar-refractivity contribution in [1.29, 1.82) is 0 Å². The van der Waals surface area contributed by atoms with Crippen molar-refractivity contribution in [2.75, 3.05) is 6.54 Å². The third-order valence-electron chi connectivity index (χ3n) is 4.96. The Hall–Kier alpha value is -2.09. The van der Waals surface area contributed by atoms with Gasteiger partial charge in [0.15, 0.2) is 0 Å². The van der Waals surface area contributed by atoms with E-state index in [0.717, 1.165) is 13.0 Å². The lowest BCUT2D eigenvalue weighted by Crippen LogP contribution is -2.31. The zero-order chi connectivity index (χ0) is 15.5. The first-order chi connectivity index (χ1) is 10.7. The third-order valence-corrected chi connectivity index (χ3v) is 4.96. The van der Waals surface area contributed by atoms with Crippen molar-refractivity contribution in [2.45, 2.75) is 32.2 Å². The molecular weight excluding hydrogens is 270 g/mol. The second-order valence-electron chi connectivity index (χ2n) is 6.21. The van der Waals surface area contributed by atoms with E-state index in [4.69, 9.17) is 0 Å². The number of carbonyl (C=O) groups is 1. The van der Waals surface area contributed by atoms with Crippen molar-refractivity contribution in [3.63, 3.8) is 0 Å². The monoisotopic (exact) mass is 293 g/mol. The van der Waals surface area contributed by atoms with Gasteiger partial charge in [0.05, 0.1) is 6.04 Å². The molecule has 0 unspecified atom stereocenters. The first-order valence-electron chi connectivity index (χ1n) is 8.09. The predicted octanol–water partition coefficient (Wildman–Crippen LogP) is 4.40. The molecule has 2 nitrogen and oxygen atoms in total. The lowest BCUT2D eigenvalue weighted by molar-refractivity contribution is -0.133. The number of nitrogens with zero attached hydrogens (tertiary/aromatic N) is 1. The van der Waals surface area contributed by atoms with Gasteiger partial charge in [-0.2, -0.15) is 0 Å². The highest BCUT2D eigenvalue weighted by atomic mass is 16.2. The van der Waals surface area contributed by atoms with Crippen LogP contribution in [-0.4, -0.2) is 17.4 Å². The molecule has 0 spiro atoms. The van der Waals surface area contributed by atoms with Gasteiger partial charge in [-0.25, -0.2) is 0 Å². The van der Waals surface area contributed by atoms with E-state index in [1.165, 1.54) is 11.1 Å². The van der Waals surface area contributed by atoms with Gasteiger partial charge in [0.1, 0.15) is 0 Å². The minimum atomic E-state index is 0.105. The highest BCUT2D eigenvalue weighted by Gasteiger charge is 2.38. The van der Waals surface area contributed by atoms with Crippen LogP contribution in [-0.2, 0) is 4.79 Å². The second-order valence-corrected chi connectivity index (χ2v) is 6.21. The fourth-order valence-corrected chi connectivity index (χ4v) is 3.47. The summed E-state index contributed by atoms with van der Waals surface area (Å²) in [6.45, 7) is 5.16. The van der Waals surface area contributed by atoms with Crippen molar-refractivity contribution in [1.82, 2.24) is 4.90 Å². The molecule has 1 aliphatic rings. The van der Waals surface area contributed by atoms with Crippen molar-refractivity contribution < 1.29 is 4.79 Å². The third kappa shape index (κ3) is 2.78. The number of amides is 1. The smallest absolute Gasteiger partial charge is 0.226 e. The van der Waals surface area contributed by atoms with Crippen molar-refractivity contribution in [3.8, 4) is 0 Å². The Balaban J connectivity index is 1.75. The van der Waals surface area contributed by atoms with Crippen LogP contribution in [0.3, 0.4) is 0 Å². The molecule has 1 fully saturated rings. The molecule has 2 aromatic carbocycles. The Morgan fingerprint density at radius 1 is 0.909 bits per heavy atom. The van der Waals surface area contributed by atoms with Gasteiger partial charge in [-0.3, -0.25) is 4.79 Å². The van der Waals surface area contributed by atoms with E-state index in [9.17, 15) is 4.79 Å². The van der Waals surface area contributed by atoms with Crippen LogP contribution in [0, 0.1) is 5.92 Å². The Kier molecular flexibility index (Phi) is 4.28. The second kappa shape index (κ2) is 6.35. The van der Waals surface area contributed by atoms with Gasteiger partial charge >= 0.3 is 0 Å². The molecule has 0 aromatic heterocycles. The van der Waals surface area contributed by atoms with E-state index in [-0.39, 0.29) is 17.9 Å². The fraction of sp³-hybridized carbons (Fsp3) is 0.350. The van der Waals surface area contributed by atoms with Gasteiger partial charge in [0, 0.05) is 12.5 Å². The Morgan fingerprint density at radius 3 is 2.05 bits per heavy atom. The van der Waals surface area contributed by atoms with Crippen LogP contribution in [0.15, 0.2) is 60.7 Å². The maximum atomic E-state index is 12.9. The summed E-state index contributed by atoms with van der Waals surface area (Å²) in [6.07, 6.45) is 0.950. The van der Waals surface area contributed by atoms with Crippen LogP contribution in [0.25, 0.3) is 0 Å². The van der Waals surface area contributed by atoms with E-state index in [0.29, 0.717) is 5.91 Å². The zero-order valence-electron chi connectivity index (χ0n) is 13.3. The predicted molar refractivity (Wildman–Crippen MR) is 89.5 cm³/mol. The lowest BCUT2D eigenvalue weighted by Gasteiger charge is -2.26. The molecule has 1 aliphatic heterocycles. The molecule has 0 bridgehead atoms. The molecule has 2 aromatic rings. The van der Waals surface area contributed by atoms with E-state index in [1.807, 2.05) is 29.2 Å². The summed E-state index contributed by atoms with van der Waals surface area (Å²) in [4.78, 5) is 14.9. The Morgan fingerprint density at radius 2 is 1.45 bits per heavy atom. The summed E-state index contributed by atoms with van der Waals surface area (Å²) in [5.74, 6) is 0.683. The summed E-state index contributed by atoms with van der Waals surface area (Å²) in [5, 5.41) is 0. The molecule has 3 rings (SSSR count). The number of likely N-dealkylation sites (tertiary alicyclic amines) is 1. The number of rotatable bonds is 4. The number of hydrogen-bond donors (Lipinski definition) is 0. The average molecular weight is 293 g/mol. The molecule has 0 saturated carbocycles. The standard InChI is InChI=1S/C20H23NO/c1-15(17-9-5-3-6-10-17)19-13-14-21(20(19)22)16(2)18-11-7-4-8-12-18/h3-12,15-16,19H,13-14H2,1-2H3/t15-,16-,19+/m0/s1. The highest BCUT2D eigenvalue weighted by Crippen LogP contribution is 2.36. The first kappa shape index (κ1) is 14.8. The zero-order valence-corrected chi connectivity index (χ0v) is 13.3. The molecule has 1 amide bonds. The summed E-state index contributed by atoms with van der Waals surface area (Å²) in [7, 11) is 0. The van der Waals surface area contributed by atoms with Gasteiger partial charge in [-0.1, -0.05) is 67.6 Å². The molecule has 22 heavy (non-hydrogen) atoms. The summed E-state index contributed by atoms with van der Waals surface area (Å²) in [6, 6.07) is 20.8. The van der Waals surface area contributed by atoms with Crippen LogP contribution in [0.1, 0.15) is 43.4 Å². The van der Waals surface area contributed by atoms with Gasteiger partial charge < -0.3 is 4.90 Å². The normalized spacial score (nSPS) is 20.9. The van der Waals surface area contributed by atoms with Crippen molar-refractivity contribution >= 4 is 5.91 Å². The van der Waals surface area contributed by atoms with Crippen LogP contribution in [0.2, 0.25) is 0 Å². The van der Waals surface area contributed by atoms with Crippen molar-refractivity contribution in [3.05, 3.63) is 71.8 Å². The van der Waals surface area contributed by atoms with Gasteiger partial charge in [0.2, 0.25) is 5.91 Å². The Bertz CT molecular complexity index is 567. The molecule has 2 heteroatoms. The number of hydrogen-bond acceptors (Lipinski definition) is 1. The highest BCUT2D eigenvalue weighted by molar-refractivity contribution is 5.82. The van der Waals surface area contributed by atoms with Crippen molar-refractivity contribution in [2.24, 2.45) is 5.92 Å². The minimum Gasteiger partial charge on any atom is -0.336 e. The van der Waals surface area contributed by atoms with E-state index in [2.05, 4.69) is 50.2 Å². The molecule has 0 aliphatic carbocycles. The Labute approximate surface area is 132 Å². The molecule has 1 heterocycles. The minimum absolute atomic E-state index is 0.105. The van der Waals surface area contributed by atoms with Crippen LogP contribution in [0.4, 0.5) is 0 Å². The SMILES string of the molecule is C[C@@H](c1ccccc1)[C@H]1CCN([C@@H](C)c2ccccc2)C1=O. The lowest BCUT2D eigenvalue weighted by atomic mass is 9.86. The molecule has 3 atom stereocenters. The molecule has 0 N–H and O–H groups in total. The van der Waals surface area contributed by atoms with Crippen LogP contribution in [0.5, 0.6) is 0 Å². The summed E-state index contributed by atoms with van der Waals surface area (Å²) >= 11 is 0. The summed E-state index contributed by atoms with van der Waals surface area (Å²) < 4.78 is 0. The molecule has 1 saturated heterocycles. The number of benzene rings is 2. The maximum absolute atomic E-state index is 12.9. The topological polar surface area (TPSA) is 20.3 Å². The summed E-state index contributed by atoms with van der Waals surface area (Å²) in [5.41, 5.74) is 2.47. The average Bonchev–Trinajstić information content (AvgIpc) is 2.96. The van der Waals surface area contributed by atoms with Crippen LogP contribution < -0.4 is 0 Å². The van der Waals surface area contributed by atoms with Gasteiger partial charge in [0.25, 0.3) is 0 Å². The molecular formula is C20H23NO. The fourth-order valence-electron chi connectivity index (χ4n) is 3.47. The van der Waals surface area contributed by atoms with E-state index < -0.39 is 0 Å². The number of carbonyl (C=O) groups excluding carboxylic acids is 1. The molecule has 0 radical (unpaired) electrons. The van der Waals surface area contributed by atoms with Gasteiger partial charge in [-0.15, -0.1) is 0 Å². The van der Waals surface area contributed by atoms with E-state index >= 15 is 0 Å². The molecule has 114 valence electrons. The maximum Gasteiger partial charge on any atom is 0.226 e.